The van der Waals surface area contributed by atoms with Crippen LogP contribution in [0.2, 0.25) is 0 Å². The summed E-state index contributed by atoms with van der Waals surface area (Å²) in [5.41, 5.74) is 10.1. The van der Waals surface area contributed by atoms with Crippen LogP contribution in [0.5, 0.6) is 0 Å². The number of benzene rings is 2. The molecule has 1 aliphatic rings. The Bertz CT molecular complexity index is 1270. The first-order chi connectivity index (χ1) is 19.1. The van der Waals surface area contributed by atoms with Gasteiger partial charge in [0.2, 0.25) is 5.96 Å². The fourth-order valence-corrected chi connectivity index (χ4v) is 4.63. The first kappa shape index (κ1) is 28.5. The fourth-order valence-electron chi connectivity index (χ4n) is 4.22. The Balaban J connectivity index is 1.25. The summed E-state index contributed by atoms with van der Waals surface area (Å²) in [5.74, 6) is 2.72. The van der Waals surface area contributed by atoms with Crippen LogP contribution >= 0.6 is 23.2 Å². The minimum atomic E-state index is -0.233. The number of amidine groups is 1. The zero-order chi connectivity index (χ0) is 27.5. The Hall–Kier alpha value is -3.49. The number of hydrogen-bond donors (Lipinski definition) is 3. The Kier molecular flexibility index (Phi) is 10.7. The molecule has 0 spiro atoms. The van der Waals surface area contributed by atoms with Crippen LogP contribution in [0.3, 0.4) is 0 Å². The summed E-state index contributed by atoms with van der Waals surface area (Å²) in [6.07, 6.45) is 2.67. The van der Waals surface area contributed by atoms with Gasteiger partial charge in [-0.25, -0.2) is 0 Å². The van der Waals surface area contributed by atoms with Gasteiger partial charge >= 0.3 is 0 Å². The van der Waals surface area contributed by atoms with E-state index in [0.29, 0.717) is 35.9 Å². The number of nitrogens with one attached hydrogen (secondary N) is 2. The smallest absolute Gasteiger partial charge is 0.287 e. The molecule has 4 N–H and O–H groups in total. The van der Waals surface area contributed by atoms with Gasteiger partial charge in [-0.1, -0.05) is 36.4 Å². The SMILES string of the molecule is N/C(=N\C1=NCCCN1)c1ccc(-c2ccc(C(=O)NCCCc3ccc(N(CCCl)CCCl)cc3)o2)cc1. The molecule has 39 heavy (non-hydrogen) atoms. The van der Waals surface area contributed by atoms with Crippen LogP contribution in [0.15, 0.2) is 75.1 Å². The highest BCUT2D eigenvalue weighted by molar-refractivity contribution is 6.18. The van der Waals surface area contributed by atoms with Crippen molar-refractivity contribution in [3.63, 3.8) is 0 Å². The number of alkyl halides is 2. The number of rotatable bonds is 12. The van der Waals surface area contributed by atoms with E-state index in [1.165, 1.54) is 5.56 Å². The molecule has 206 valence electrons. The zero-order valence-corrected chi connectivity index (χ0v) is 23.3. The normalized spacial score (nSPS) is 13.5. The summed E-state index contributed by atoms with van der Waals surface area (Å²) in [6.45, 7) is 3.68. The lowest BCUT2D eigenvalue weighted by Crippen LogP contribution is -2.30. The number of aryl methyl sites for hydroxylation is 1. The molecule has 0 atom stereocenters. The number of guanidine groups is 1. The molecular formula is C29H34Cl2N6O2. The second-order valence-corrected chi connectivity index (χ2v) is 9.87. The summed E-state index contributed by atoms with van der Waals surface area (Å²) in [7, 11) is 0. The van der Waals surface area contributed by atoms with Gasteiger partial charge in [0.1, 0.15) is 11.6 Å². The number of carbonyl (C=O) groups is 1. The van der Waals surface area contributed by atoms with Crippen LogP contribution in [0.1, 0.15) is 34.5 Å². The topological polar surface area (TPSA) is 108 Å². The van der Waals surface area contributed by atoms with E-state index in [0.717, 1.165) is 62.3 Å². The van der Waals surface area contributed by atoms with Gasteiger partial charge in [-0.2, -0.15) is 4.99 Å². The molecule has 0 saturated heterocycles. The Morgan fingerprint density at radius 3 is 2.46 bits per heavy atom. The molecule has 3 aromatic rings. The van der Waals surface area contributed by atoms with Crippen LogP contribution < -0.4 is 21.3 Å². The minimum Gasteiger partial charge on any atom is -0.451 e. The Morgan fingerprint density at radius 1 is 1.05 bits per heavy atom. The van der Waals surface area contributed by atoms with Gasteiger partial charge in [0.05, 0.1) is 0 Å². The van der Waals surface area contributed by atoms with Crippen molar-refractivity contribution in [1.82, 2.24) is 10.6 Å². The third kappa shape index (κ3) is 8.25. The molecule has 8 nitrogen and oxygen atoms in total. The number of hydrogen-bond acceptors (Lipinski definition) is 6. The second-order valence-electron chi connectivity index (χ2n) is 9.11. The summed E-state index contributed by atoms with van der Waals surface area (Å²) in [4.78, 5) is 23.4. The molecular weight excluding hydrogens is 535 g/mol. The summed E-state index contributed by atoms with van der Waals surface area (Å²) < 4.78 is 5.82. The van der Waals surface area contributed by atoms with Crippen molar-refractivity contribution >= 4 is 46.6 Å². The van der Waals surface area contributed by atoms with Crippen LogP contribution in [0.4, 0.5) is 5.69 Å². The van der Waals surface area contributed by atoms with E-state index in [-0.39, 0.29) is 11.7 Å². The molecule has 0 radical (unpaired) electrons. The van der Waals surface area contributed by atoms with E-state index in [1.807, 2.05) is 24.3 Å². The quantitative estimate of drug-likeness (QED) is 0.127. The average Bonchev–Trinajstić information content (AvgIpc) is 3.47. The number of carbonyl (C=O) groups excluding carboxylic acids is 1. The maximum atomic E-state index is 12.6. The highest BCUT2D eigenvalue weighted by Gasteiger charge is 2.13. The lowest BCUT2D eigenvalue weighted by Gasteiger charge is -2.23. The van der Waals surface area contributed by atoms with Gasteiger partial charge in [-0.3, -0.25) is 9.79 Å². The molecule has 0 saturated carbocycles. The number of aliphatic imine (C=N–C) groups is 2. The van der Waals surface area contributed by atoms with E-state index >= 15 is 0 Å². The monoisotopic (exact) mass is 568 g/mol. The van der Waals surface area contributed by atoms with Crippen LogP contribution in [-0.4, -0.2) is 62.2 Å². The first-order valence-corrected chi connectivity index (χ1v) is 14.2. The standard InChI is InChI=1S/C29H34Cl2N6O2/c30-14-19-37(20-15-31)24-10-4-21(5-11-24)3-1-16-33-28(38)26-13-12-25(39-26)22-6-8-23(9-7-22)27(32)36-29-34-17-2-18-35-29/h4-13H,1-3,14-20H2,(H,33,38)(H3,32,34,35,36). The van der Waals surface area contributed by atoms with Crippen LogP contribution in [-0.2, 0) is 6.42 Å². The van der Waals surface area contributed by atoms with Gasteiger partial charge in [-0.15, -0.1) is 23.2 Å². The molecule has 10 heteroatoms. The predicted octanol–water partition coefficient (Wildman–Crippen LogP) is 4.65. The number of nitrogens with zero attached hydrogens (tertiary/aromatic N) is 3. The second kappa shape index (κ2) is 14.6. The largest absolute Gasteiger partial charge is 0.451 e. The highest BCUT2D eigenvalue weighted by Crippen LogP contribution is 2.23. The van der Waals surface area contributed by atoms with Gasteiger partial charge in [0.15, 0.2) is 5.76 Å². The molecule has 2 aromatic carbocycles. The van der Waals surface area contributed by atoms with Crippen molar-refractivity contribution in [2.45, 2.75) is 19.3 Å². The molecule has 2 heterocycles. The molecule has 0 aliphatic carbocycles. The van der Waals surface area contributed by atoms with Gasteiger partial charge in [0, 0.05) is 61.3 Å². The number of furan rings is 1. The minimum absolute atomic E-state index is 0.233. The Labute approximate surface area is 239 Å². The molecule has 0 bridgehead atoms. The van der Waals surface area contributed by atoms with Gasteiger partial charge in [-0.05, 0) is 49.1 Å². The van der Waals surface area contributed by atoms with Crippen molar-refractivity contribution in [1.29, 1.82) is 0 Å². The van der Waals surface area contributed by atoms with Crippen molar-refractivity contribution in [2.24, 2.45) is 15.7 Å². The lowest BCUT2D eigenvalue weighted by atomic mass is 10.1. The van der Waals surface area contributed by atoms with Crippen molar-refractivity contribution < 1.29 is 9.21 Å². The van der Waals surface area contributed by atoms with Crippen LogP contribution in [0, 0.1) is 0 Å². The molecule has 0 fully saturated rings. The summed E-state index contributed by atoms with van der Waals surface area (Å²) in [6, 6.07) is 19.4. The van der Waals surface area contributed by atoms with E-state index < -0.39 is 0 Å². The average molecular weight is 570 g/mol. The number of halogens is 2. The Morgan fingerprint density at radius 2 is 1.79 bits per heavy atom. The summed E-state index contributed by atoms with van der Waals surface area (Å²) >= 11 is 11.8. The maximum absolute atomic E-state index is 12.6. The molecule has 4 rings (SSSR count). The van der Waals surface area contributed by atoms with Gasteiger partial charge in [0.25, 0.3) is 5.91 Å². The van der Waals surface area contributed by atoms with Crippen molar-refractivity contribution in [2.75, 3.05) is 49.4 Å². The number of anilines is 1. The molecule has 0 unspecified atom stereocenters. The number of amides is 1. The number of nitrogens with two attached hydrogens (primary N) is 1. The van der Waals surface area contributed by atoms with Gasteiger partial charge < -0.3 is 25.7 Å². The third-order valence-corrected chi connectivity index (χ3v) is 6.68. The van der Waals surface area contributed by atoms with Crippen molar-refractivity contribution in [3.8, 4) is 11.3 Å². The van der Waals surface area contributed by atoms with Crippen molar-refractivity contribution in [3.05, 3.63) is 77.6 Å². The molecule has 1 aliphatic heterocycles. The van der Waals surface area contributed by atoms with Crippen LogP contribution in [0.25, 0.3) is 11.3 Å². The molecule has 1 aromatic heterocycles. The molecule has 1 amide bonds. The van der Waals surface area contributed by atoms with E-state index in [2.05, 4.69) is 49.8 Å². The predicted molar refractivity (Wildman–Crippen MR) is 161 cm³/mol. The summed E-state index contributed by atoms with van der Waals surface area (Å²) in [5, 5.41) is 6.07. The first-order valence-electron chi connectivity index (χ1n) is 13.1. The zero-order valence-electron chi connectivity index (χ0n) is 21.8. The third-order valence-electron chi connectivity index (χ3n) is 6.34. The maximum Gasteiger partial charge on any atom is 0.287 e. The van der Waals surface area contributed by atoms with E-state index in [1.54, 1.807) is 12.1 Å². The van der Waals surface area contributed by atoms with E-state index in [9.17, 15) is 4.79 Å². The highest BCUT2D eigenvalue weighted by atomic mass is 35.5. The fraction of sp³-hybridized carbons (Fsp3) is 0.345. The van der Waals surface area contributed by atoms with E-state index in [4.69, 9.17) is 33.4 Å². The lowest BCUT2D eigenvalue weighted by molar-refractivity contribution is 0.0926.